The molecule has 0 saturated heterocycles. The van der Waals surface area contributed by atoms with Crippen LogP contribution in [-0.4, -0.2) is 37.2 Å². The number of ether oxygens (including phenoxy) is 3. The van der Waals surface area contributed by atoms with Crippen molar-refractivity contribution in [1.29, 1.82) is 0 Å². The standard InChI is InChI=1S/C67H120O6/c1-4-7-10-13-16-19-22-24-25-26-27-28-29-30-31-32-33-34-35-36-37-38-39-40-41-43-45-48-51-54-57-60-66(69)72-63-64(62-71-65(68)59-56-53-50-47-44-21-18-15-12-9-6-3)73-67(70)61-58-55-52-49-46-42-23-20-17-14-11-8-5-2/h8,11,15,17-18,20,26-27,42,46,64H,4-7,9-10,12-14,16,19,21-25,28-41,43-45,47-63H2,1-3H3/b11-8-,18-15-,20-17-,27-26-,46-42-. The van der Waals surface area contributed by atoms with Gasteiger partial charge in [0.1, 0.15) is 13.2 Å². The summed E-state index contributed by atoms with van der Waals surface area (Å²) in [7, 11) is 0. The maximum absolute atomic E-state index is 12.8. The summed E-state index contributed by atoms with van der Waals surface area (Å²) >= 11 is 0. The van der Waals surface area contributed by atoms with Crippen LogP contribution in [0, 0.1) is 0 Å². The van der Waals surface area contributed by atoms with Gasteiger partial charge in [-0.15, -0.1) is 0 Å². The molecule has 1 atom stereocenters. The quantitative estimate of drug-likeness (QED) is 0.0261. The van der Waals surface area contributed by atoms with Gasteiger partial charge in [-0.3, -0.25) is 14.4 Å². The van der Waals surface area contributed by atoms with E-state index in [0.717, 1.165) is 89.9 Å². The van der Waals surface area contributed by atoms with Crippen LogP contribution in [0.3, 0.4) is 0 Å². The fourth-order valence-electron chi connectivity index (χ4n) is 9.20. The van der Waals surface area contributed by atoms with E-state index in [1.165, 1.54) is 199 Å². The normalized spacial score (nSPS) is 12.4. The van der Waals surface area contributed by atoms with Gasteiger partial charge in [0.05, 0.1) is 0 Å². The molecule has 6 nitrogen and oxygen atoms in total. The molecule has 6 heteroatoms. The highest BCUT2D eigenvalue weighted by Gasteiger charge is 2.19. The molecule has 0 heterocycles. The van der Waals surface area contributed by atoms with E-state index in [2.05, 4.69) is 81.5 Å². The number of unbranched alkanes of at least 4 members (excludes halogenated alkanes) is 37. The van der Waals surface area contributed by atoms with E-state index in [4.69, 9.17) is 14.2 Å². The maximum Gasteiger partial charge on any atom is 0.306 e. The van der Waals surface area contributed by atoms with Crippen molar-refractivity contribution in [1.82, 2.24) is 0 Å². The lowest BCUT2D eigenvalue weighted by Gasteiger charge is -2.18. The smallest absolute Gasteiger partial charge is 0.306 e. The third-order valence-corrected chi connectivity index (χ3v) is 14.0. The second-order valence-electron chi connectivity index (χ2n) is 21.3. The third-order valence-electron chi connectivity index (χ3n) is 14.0. The Morgan fingerprint density at radius 3 is 0.904 bits per heavy atom. The Kier molecular flexibility index (Phi) is 59.2. The lowest BCUT2D eigenvalue weighted by atomic mass is 10.0. The highest BCUT2D eigenvalue weighted by molar-refractivity contribution is 5.71. The molecule has 0 N–H and O–H groups in total. The van der Waals surface area contributed by atoms with E-state index < -0.39 is 6.10 Å². The van der Waals surface area contributed by atoms with E-state index in [1.54, 1.807) is 0 Å². The predicted molar refractivity (Wildman–Crippen MR) is 316 cm³/mol. The van der Waals surface area contributed by atoms with Crippen molar-refractivity contribution in [3.63, 3.8) is 0 Å². The molecule has 0 aliphatic carbocycles. The van der Waals surface area contributed by atoms with Crippen molar-refractivity contribution in [2.45, 2.75) is 335 Å². The number of allylic oxidation sites excluding steroid dienone is 10. The van der Waals surface area contributed by atoms with Gasteiger partial charge in [-0.2, -0.15) is 0 Å². The van der Waals surface area contributed by atoms with E-state index in [0.29, 0.717) is 19.3 Å². The minimum Gasteiger partial charge on any atom is -0.462 e. The average Bonchev–Trinajstić information content (AvgIpc) is 3.39. The summed E-state index contributed by atoms with van der Waals surface area (Å²) in [5.41, 5.74) is 0. The summed E-state index contributed by atoms with van der Waals surface area (Å²) in [5.74, 6) is -0.915. The first-order valence-electron chi connectivity index (χ1n) is 31.8. The van der Waals surface area contributed by atoms with Crippen LogP contribution in [0.5, 0.6) is 0 Å². The molecule has 0 aromatic heterocycles. The summed E-state index contributed by atoms with van der Waals surface area (Å²) in [4.78, 5) is 38.1. The van der Waals surface area contributed by atoms with Gasteiger partial charge < -0.3 is 14.2 Å². The molecule has 0 saturated carbocycles. The second-order valence-corrected chi connectivity index (χ2v) is 21.3. The van der Waals surface area contributed by atoms with Gasteiger partial charge in [-0.05, 0) is 96.3 Å². The number of hydrogen-bond donors (Lipinski definition) is 0. The summed E-state index contributed by atoms with van der Waals surface area (Å²) in [6.45, 7) is 6.48. The third kappa shape index (κ3) is 59.9. The number of esters is 3. The first-order valence-corrected chi connectivity index (χ1v) is 31.8. The van der Waals surface area contributed by atoms with Crippen LogP contribution in [0.1, 0.15) is 329 Å². The fraction of sp³-hybridized carbons (Fsp3) is 0.806. The molecule has 1 unspecified atom stereocenters. The largest absolute Gasteiger partial charge is 0.462 e. The fourth-order valence-corrected chi connectivity index (χ4v) is 9.20. The Morgan fingerprint density at radius 1 is 0.288 bits per heavy atom. The minimum atomic E-state index is -0.791. The van der Waals surface area contributed by atoms with Gasteiger partial charge in [0.25, 0.3) is 0 Å². The van der Waals surface area contributed by atoms with E-state index >= 15 is 0 Å². The van der Waals surface area contributed by atoms with Crippen molar-refractivity contribution >= 4 is 17.9 Å². The van der Waals surface area contributed by atoms with Crippen LogP contribution < -0.4 is 0 Å². The SMILES string of the molecule is CC/C=C\C/C=C\C/C=C\CCCCCC(=O)OC(COC(=O)CCCCCCC/C=C\CCCC)COC(=O)CCCCCCCCCCCCCCCCCCCCC/C=C\CCCCCCCCCC. The Balaban J connectivity index is 4.08. The predicted octanol–water partition coefficient (Wildman–Crippen LogP) is 21.6. The van der Waals surface area contributed by atoms with Crippen LogP contribution in [0.25, 0.3) is 0 Å². The van der Waals surface area contributed by atoms with Crippen LogP contribution in [0.4, 0.5) is 0 Å². The Morgan fingerprint density at radius 2 is 0.548 bits per heavy atom. The van der Waals surface area contributed by atoms with Crippen molar-refractivity contribution in [2.75, 3.05) is 13.2 Å². The first-order chi connectivity index (χ1) is 36.0. The molecule has 0 aliphatic rings. The number of carbonyl (C=O) groups excluding carboxylic acids is 3. The monoisotopic (exact) mass is 1020 g/mol. The zero-order valence-electron chi connectivity index (χ0n) is 48.7. The average molecular weight is 1020 g/mol. The van der Waals surface area contributed by atoms with Crippen molar-refractivity contribution in [3.05, 3.63) is 60.8 Å². The molecule has 0 radical (unpaired) electrons. The van der Waals surface area contributed by atoms with Gasteiger partial charge in [0, 0.05) is 19.3 Å². The topological polar surface area (TPSA) is 78.9 Å². The van der Waals surface area contributed by atoms with Crippen molar-refractivity contribution < 1.29 is 28.6 Å². The molecule has 0 aromatic carbocycles. The van der Waals surface area contributed by atoms with Gasteiger partial charge in [0.2, 0.25) is 0 Å². The molecule has 424 valence electrons. The lowest BCUT2D eigenvalue weighted by Crippen LogP contribution is -2.30. The van der Waals surface area contributed by atoms with Crippen LogP contribution >= 0.6 is 0 Å². The Labute approximate surface area is 453 Å². The molecule has 0 amide bonds. The summed E-state index contributed by atoms with van der Waals surface area (Å²) in [5, 5.41) is 0. The summed E-state index contributed by atoms with van der Waals surface area (Å²) in [6, 6.07) is 0. The van der Waals surface area contributed by atoms with Crippen LogP contribution in [0.15, 0.2) is 60.8 Å². The highest BCUT2D eigenvalue weighted by Crippen LogP contribution is 2.17. The summed E-state index contributed by atoms with van der Waals surface area (Å²) in [6.07, 6.45) is 78.3. The van der Waals surface area contributed by atoms with Gasteiger partial charge in [-0.25, -0.2) is 0 Å². The highest BCUT2D eigenvalue weighted by atomic mass is 16.6. The van der Waals surface area contributed by atoms with Gasteiger partial charge >= 0.3 is 17.9 Å². The van der Waals surface area contributed by atoms with E-state index in [1.807, 2.05) is 0 Å². The molecule has 0 spiro atoms. The van der Waals surface area contributed by atoms with Crippen LogP contribution in [-0.2, 0) is 28.6 Å². The Hall–Kier alpha value is -2.89. The zero-order valence-corrected chi connectivity index (χ0v) is 48.7. The molecule has 0 aromatic rings. The van der Waals surface area contributed by atoms with E-state index in [-0.39, 0.29) is 31.1 Å². The van der Waals surface area contributed by atoms with Crippen molar-refractivity contribution in [3.8, 4) is 0 Å². The Bertz CT molecular complexity index is 1310. The lowest BCUT2D eigenvalue weighted by molar-refractivity contribution is -0.167. The molecule has 0 aliphatic heterocycles. The van der Waals surface area contributed by atoms with Crippen LogP contribution in [0.2, 0.25) is 0 Å². The van der Waals surface area contributed by atoms with Gasteiger partial charge in [-0.1, -0.05) is 274 Å². The first kappa shape index (κ1) is 70.1. The molecular formula is C67H120O6. The minimum absolute atomic E-state index is 0.0864. The molecule has 0 rings (SSSR count). The number of hydrogen-bond acceptors (Lipinski definition) is 6. The molecule has 0 bridgehead atoms. The second kappa shape index (κ2) is 61.7. The molecular weight excluding hydrogens is 901 g/mol. The summed E-state index contributed by atoms with van der Waals surface area (Å²) < 4.78 is 16.8. The molecule has 0 fully saturated rings. The maximum atomic E-state index is 12.8. The zero-order chi connectivity index (χ0) is 52.9. The van der Waals surface area contributed by atoms with E-state index in [9.17, 15) is 14.4 Å². The van der Waals surface area contributed by atoms with Crippen molar-refractivity contribution in [2.24, 2.45) is 0 Å². The molecule has 73 heavy (non-hydrogen) atoms. The number of carbonyl (C=O) groups is 3. The van der Waals surface area contributed by atoms with Gasteiger partial charge in [0.15, 0.2) is 6.10 Å². The number of rotatable bonds is 58.